The highest BCUT2D eigenvalue weighted by Gasteiger charge is 2.09. The van der Waals surface area contributed by atoms with Crippen molar-refractivity contribution in [2.24, 2.45) is 0 Å². The molecule has 0 aliphatic rings. The summed E-state index contributed by atoms with van der Waals surface area (Å²) in [4.78, 5) is 27.1. The SMILES string of the molecule is COC(=O)Nc1nc(CC(=O)NCCCc2ccccc2)cs1. The van der Waals surface area contributed by atoms with E-state index in [0.717, 1.165) is 12.8 Å². The maximum absolute atomic E-state index is 11.9. The number of hydrogen-bond acceptors (Lipinski definition) is 5. The molecule has 2 N–H and O–H groups in total. The Morgan fingerprint density at radius 1 is 1.26 bits per heavy atom. The standard InChI is InChI=1S/C16H19N3O3S/c1-22-16(21)19-15-18-13(11-23-15)10-14(20)17-9-5-8-12-6-3-2-4-7-12/h2-4,6-7,11H,5,8-10H2,1H3,(H,17,20)(H,18,19,21). The quantitative estimate of drug-likeness (QED) is 0.763. The molecule has 0 spiro atoms. The second-order valence-electron chi connectivity index (χ2n) is 4.88. The summed E-state index contributed by atoms with van der Waals surface area (Å²) in [6.45, 7) is 0.630. The summed E-state index contributed by atoms with van der Waals surface area (Å²) >= 11 is 1.26. The van der Waals surface area contributed by atoms with Crippen LogP contribution in [-0.2, 0) is 22.4 Å². The predicted octanol–water partition coefficient (Wildman–Crippen LogP) is 2.61. The van der Waals surface area contributed by atoms with Gasteiger partial charge in [0.2, 0.25) is 5.91 Å². The van der Waals surface area contributed by atoms with E-state index in [-0.39, 0.29) is 12.3 Å². The van der Waals surface area contributed by atoms with Crippen LogP contribution in [0.2, 0.25) is 0 Å². The third-order valence-electron chi connectivity index (χ3n) is 3.10. The summed E-state index contributed by atoms with van der Waals surface area (Å²) in [5.74, 6) is -0.0759. The molecule has 6 nitrogen and oxygen atoms in total. The van der Waals surface area contributed by atoms with Crippen molar-refractivity contribution in [2.45, 2.75) is 19.3 Å². The molecule has 0 aliphatic heterocycles. The van der Waals surface area contributed by atoms with E-state index >= 15 is 0 Å². The van der Waals surface area contributed by atoms with Gasteiger partial charge in [-0.2, -0.15) is 0 Å². The van der Waals surface area contributed by atoms with Crippen LogP contribution >= 0.6 is 11.3 Å². The van der Waals surface area contributed by atoms with Crippen molar-refractivity contribution in [3.63, 3.8) is 0 Å². The van der Waals surface area contributed by atoms with Crippen LogP contribution in [0.15, 0.2) is 35.7 Å². The molecule has 0 unspecified atom stereocenters. The first-order valence-corrected chi connectivity index (χ1v) is 8.15. The van der Waals surface area contributed by atoms with Gasteiger partial charge in [0.1, 0.15) is 0 Å². The minimum Gasteiger partial charge on any atom is -0.453 e. The van der Waals surface area contributed by atoms with Gasteiger partial charge < -0.3 is 10.1 Å². The third-order valence-corrected chi connectivity index (χ3v) is 3.90. The number of carbonyl (C=O) groups is 2. The number of anilines is 1. The average molecular weight is 333 g/mol. The molecule has 1 aromatic heterocycles. The molecule has 1 aromatic carbocycles. The Morgan fingerprint density at radius 2 is 2.04 bits per heavy atom. The van der Waals surface area contributed by atoms with Gasteiger partial charge in [0, 0.05) is 11.9 Å². The molecule has 0 atom stereocenters. The Balaban J connectivity index is 1.67. The largest absolute Gasteiger partial charge is 0.453 e. The summed E-state index contributed by atoms with van der Waals surface area (Å²) in [5, 5.41) is 7.51. The van der Waals surface area contributed by atoms with E-state index in [9.17, 15) is 9.59 Å². The van der Waals surface area contributed by atoms with Crippen LogP contribution < -0.4 is 10.6 Å². The molecule has 0 fully saturated rings. The number of nitrogens with zero attached hydrogens (tertiary/aromatic N) is 1. The molecule has 1 heterocycles. The second kappa shape index (κ2) is 8.89. The molecule has 2 aromatic rings. The Kier molecular flexibility index (Phi) is 6.56. The lowest BCUT2D eigenvalue weighted by Crippen LogP contribution is -2.26. The minimum absolute atomic E-state index is 0.0759. The van der Waals surface area contributed by atoms with E-state index in [2.05, 4.69) is 32.5 Å². The topological polar surface area (TPSA) is 80.3 Å². The Labute approximate surface area is 138 Å². The Morgan fingerprint density at radius 3 is 2.78 bits per heavy atom. The summed E-state index contributed by atoms with van der Waals surface area (Å²) in [6.07, 6.45) is 1.45. The van der Waals surface area contributed by atoms with Gasteiger partial charge in [-0.15, -0.1) is 11.3 Å². The maximum atomic E-state index is 11.9. The van der Waals surface area contributed by atoms with Crippen LogP contribution in [0, 0.1) is 0 Å². The van der Waals surface area contributed by atoms with Crippen molar-refractivity contribution in [3.05, 3.63) is 47.0 Å². The van der Waals surface area contributed by atoms with E-state index < -0.39 is 6.09 Å². The van der Waals surface area contributed by atoms with Crippen molar-refractivity contribution < 1.29 is 14.3 Å². The van der Waals surface area contributed by atoms with Crippen molar-refractivity contribution in [1.82, 2.24) is 10.3 Å². The fraction of sp³-hybridized carbons (Fsp3) is 0.312. The molecule has 2 rings (SSSR count). The highest BCUT2D eigenvalue weighted by Crippen LogP contribution is 2.15. The summed E-state index contributed by atoms with van der Waals surface area (Å²) < 4.78 is 4.48. The first kappa shape index (κ1) is 17.0. The van der Waals surface area contributed by atoms with Crippen LogP contribution in [0.25, 0.3) is 0 Å². The van der Waals surface area contributed by atoms with Crippen LogP contribution in [0.4, 0.5) is 9.93 Å². The number of aryl methyl sites for hydroxylation is 1. The van der Waals surface area contributed by atoms with Crippen LogP contribution in [0.3, 0.4) is 0 Å². The summed E-state index contributed by atoms with van der Waals surface area (Å²) in [5.41, 5.74) is 1.89. The van der Waals surface area contributed by atoms with Gasteiger partial charge in [0.15, 0.2) is 5.13 Å². The van der Waals surface area contributed by atoms with Gasteiger partial charge in [0.25, 0.3) is 0 Å². The number of thiazole rings is 1. The molecule has 7 heteroatoms. The minimum atomic E-state index is -0.573. The number of benzene rings is 1. The van der Waals surface area contributed by atoms with Gasteiger partial charge >= 0.3 is 6.09 Å². The van der Waals surface area contributed by atoms with E-state index in [1.807, 2.05) is 18.2 Å². The van der Waals surface area contributed by atoms with Crippen LogP contribution in [0.5, 0.6) is 0 Å². The van der Waals surface area contributed by atoms with Gasteiger partial charge in [-0.1, -0.05) is 30.3 Å². The van der Waals surface area contributed by atoms with Crippen molar-refractivity contribution in [2.75, 3.05) is 19.0 Å². The number of amides is 2. The number of ether oxygens (including phenoxy) is 1. The molecule has 122 valence electrons. The molecule has 0 radical (unpaired) electrons. The average Bonchev–Trinajstić information content (AvgIpc) is 2.99. The van der Waals surface area contributed by atoms with Crippen molar-refractivity contribution in [1.29, 1.82) is 0 Å². The summed E-state index contributed by atoms with van der Waals surface area (Å²) in [7, 11) is 1.28. The van der Waals surface area contributed by atoms with Crippen molar-refractivity contribution >= 4 is 28.5 Å². The van der Waals surface area contributed by atoms with Gasteiger partial charge in [-0.05, 0) is 18.4 Å². The van der Waals surface area contributed by atoms with Crippen LogP contribution in [-0.4, -0.2) is 30.6 Å². The third kappa shape index (κ3) is 6.07. The van der Waals surface area contributed by atoms with Gasteiger partial charge in [0.05, 0.1) is 19.2 Å². The number of rotatable bonds is 7. The van der Waals surface area contributed by atoms with Gasteiger partial charge in [-0.3, -0.25) is 10.1 Å². The molecular formula is C16H19N3O3S. The fourth-order valence-corrected chi connectivity index (χ4v) is 2.67. The number of carbonyl (C=O) groups excluding carboxylic acids is 2. The van der Waals surface area contributed by atoms with Gasteiger partial charge in [-0.25, -0.2) is 9.78 Å². The zero-order valence-corrected chi connectivity index (χ0v) is 13.7. The normalized spacial score (nSPS) is 10.1. The van der Waals surface area contributed by atoms with E-state index in [1.165, 1.54) is 24.0 Å². The lowest BCUT2D eigenvalue weighted by atomic mass is 10.1. The lowest BCUT2D eigenvalue weighted by Gasteiger charge is -2.04. The molecule has 0 saturated heterocycles. The number of hydrogen-bond donors (Lipinski definition) is 2. The van der Waals surface area contributed by atoms with E-state index in [0.29, 0.717) is 17.4 Å². The lowest BCUT2D eigenvalue weighted by molar-refractivity contribution is -0.120. The smallest absolute Gasteiger partial charge is 0.413 e. The predicted molar refractivity (Wildman–Crippen MR) is 89.6 cm³/mol. The molecule has 0 bridgehead atoms. The monoisotopic (exact) mass is 333 g/mol. The first-order valence-electron chi connectivity index (χ1n) is 7.27. The highest BCUT2D eigenvalue weighted by molar-refractivity contribution is 7.13. The number of aromatic nitrogens is 1. The fourth-order valence-electron chi connectivity index (χ4n) is 1.98. The Bertz CT molecular complexity index is 643. The zero-order valence-electron chi connectivity index (χ0n) is 12.9. The van der Waals surface area contributed by atoms with E-state index in [1.54, 1.807) is 5.38 Å². The molecule has 0 aliphatic carbocycles. The maximum Gasteiger partial charge on any atom is 0.413 e. The molecule has 23 heavy (non-hydrogen) atoms. The zero-order chi connectivity index (χ0) is 16.5. The molecule has 0 saturated carbocycles. The molecule has 2 amide bonds. The second-order valence-corrected chi connectivity index (χ2v) is 5.73. The number of methoxy groups -OCH3 is 1. The summed E-state index contributed by atoms with van der Waals surface area (Å²) in [6, 6.07) is 10.2. The molecular weight excluding hydrogens is 314 g/mol. The highest BCUT2D eigenvalue weighted by atomic mass is 32.1. The number of nitrogens with one attached hydrogen (secondary N) is 2. The van der Waals surface area contributed by atoms with Crippen LogP contribution in [0.1, 0.15) is 17.7 Å². The Hall–Kier alpha value is -2.41. The first-order chi connectivity index (χ1) is 11.2. The van der Waals surface area contributed by atoms with E-state index in [4.69, 9.17) is 0 Å². The van der Waals surface area contributed by atoms with Crippen molar-refractivity contribution in [3.8, 4) is 0 Å².